The standard InChI is InChI=1S/C24H29ClN6O2/c25-21-13-20(4-1-17(21)14-26)33-19-5-2-18(3-6-19)28-24(27)22-7-8-23(30-29-22)31-11-9-16(15-32)10-12-31/h1,4,7-8,13,16,18-19,32H,2-3,5-6,9-12,15H2,(H2,27,28). The van der Waals surface area contributed by atoms with E-state index in [2.05, 4.69) is 26.2 Å². The van der Waals surface area contributed by atoms with Crippen LogP contribution in [0.3, 0.4) is 0 Å². The summed E-state index contributed by atoms with van der Waals surface area (Å²) in [7, 11) is 0. The summed E-state index contributed by atoms with van der Waals surface area (Å²) in [6.45, 7) is 2.01. The Hall–Kier alpha value is -2.89. The minimum atomic E-state index is 0.0933. The third-order valence-corrected chi connectivity index (χ3v) is 6.75. The highest BCUT2D eigenvalue weighted by Gasteiger charge is 2.23. The van der Waals surface area contributed by atoms with Gasteiger partial charge in [-0.3, -0.25) is 4.99 Å². The lowest BCUT2D eigenvalue weighted by Crippen LogP contribution is -2.35. The maximum Gasteiger partial charge on any atom is 0.151 e. The molecule has 4 rings (SSSR count). The molecule has 2 aromatic rings. The highest BCUT2D eigenvalue weighted by molar-refractivity contribution is 6.31. The molecule has 0 radical (unpaired) electrons. The van der Waals surface area contributed by atoms with Gasteiger partial charge in [-0.15, -0.1) is 10.2 Å². The number of aliphatic hydroxyl groups excluding tert-OH is 1. The number of anilines is 1. The molecule has 3 N–H and O–H groups in total. The van der Waals surface area contributed by atoms with E-state index < -0.39 is 0 Å². The van der Waals surface area contributed by atoms with Crippen LogP contribution in [0.2, 0.25) is 5.02 Å². The van der Waals surface area contributed by atoms with Gasteiger partial charge in [-0.25, -0.2) is 0 Å². The molecule has 9 heteroatoms. The molecule has 8 nitrogen and oxygen atoms in total. The molecule has 2 aliphatic rings. The smallest absolute Gasteiger partial charge is 0.151 e. The lowest BCUT2D eigenvalue weighted by Gasteiger charge is -2.31. The minimum Gasteiger partial charge on any atom is -0.490 e. The second kappa shape index (κ2) is 10.8. The lowest BCUT2D eigenvalue weighted by molar-refractivity contribution is 0.147. The molecule has 2 heterocycles. The van der Waals surface area contributed by atoms with Gasteiger partial charge in [-0.2, -0.15) is 5.26 Å². The van der Waals surface area contributed by atoms with Crippen LogP contribution >= 0.6 is 11.6 Å². The number of nitrogens with two attached hydrogens (primary N) is 1. The van der Waals surface area contributed by atoms with Crippen molar-refractivity contribution in [1.82, 2.24) is 10.2 Å². The van der Waals surface area contributed by atoms with Crippen LogP contribution in [-0.2, 0) is 0 Å². The van der Waals surface area contributed by atoms with Crippen molar-refractivity contribution in [1.29, 1.82) is 5.26 Å². The third-order valence-electron chi connectivity index (χ3n) is 6.44. The van der Waals surface area contributed by atoms with Gasteiger partial charge in [0.1, 0.15) is 23.3 Å². The van der Waals surface area contributed by atoms with Crippen molar-refractivity contribution in [3.63, 3.8) is 0 Å². The quantitative estimate of drug-likeness (QED) is 0.492. The fraction of sp³-hybridized carbons (Fsp3) is 0.500. The Morgan fingerprint density at radius 3 is 2.52 bits per heavy atom. The van der Waals surface area contributed by atoms with E-state index in [0.717, 1.165) is 57.4 Å². The first kappa shape index (κ1) is 23.3. The summed E-state index contributed by atoms with van der Waals surface area (Å²) in [5, 5.41) is 27.3. The monoisotopic (exact) mass is 468 g/mol. The maximum absolute atomic E-state index is 9.29. The van der Waals surface area contributed by atoms with Crippen LogP contribution in [0.15, 0.2) is 35.3 Å². The number of aliphatic hydroxyl groups is 1. The van der Waals surface area contributed by atoms with Crippen molar-refractivity contribution in [2.45, 2.75) is 50.7 Å². The zero-order valence-corrected chi connectivity index (χ0v) is 19.3. The average molecular weight is 469 g/mol. The van der Waals surface area contributed by atoms with Gasteiger partial charge in [0.2, 0.25) is 0 Å². The molecule has 1 aromatic heterocycles. The molecule has 1 aliphatic carbocycles. The molecule has 33 heavy (non-hydrogen) atoms. The Bertz CT molecular complexity index is 1010. The summed E-state index contributed by atoms with van der Waals surface area (Å²) in [6, 6.07) is 11.2. The van der Waals surface area contributed by atoms with Crippen molar-refractivity contribution >= 4 is 23.3 Å². The van der Waals surface area contributed by atoms with Crippen LogP contribution in [0.1, 0.15) is 49.8 Å². The largest absolute Gasteiger partial charge is 0.490 e. The van der Waals surface area contributed by atoms with E-state index in [1.807, 2.05) is 12.1 Å². The molecule has 2 fully saturated rings. The van der Waals surface area contributed by atoms with E-state index in [9.17, 15) is 5.11 Å². The summed E-state index contributed by atoms with van der Waals surface area (Å²) >= 11 is 6.09. The number of hydrogen-bond acceptors (Lipinski definition) is 7. The minimum absolute atomic E-state index is 0.0933. The first-order valence-corrected chi connectivity index (χ1v) is 11.8. The number of aliphatic imine (C=N–C) groups is 1. The van der Waals surface area contributed by atoms with Crippen LogP contribution in [0.25, 0.3) is 0 Å². The van der Waals surface area contributed by atoms with Gasteiger partial charge < -0.3 is 20.5 Å². The number of rotatable bonds is 6. The predicted molar refractivity (Wildman–Crippen MR) is 128 cm³/mol. The number of nitriles is 1. The molecule has 174 valence electrons. The van der Waals surface area contributed by atoms with Crippen LogP contribution in [-0.4, -0.2) is 53.0 Å². The second-order valence-electron chi connectivity index (χ2n) is 8.71. The summed E-state index contributed by atoms with van der Waals surface area (Å²) in [5.74, 6) is 2.32. The molecule has 0 amide bonds. The van der Waals surface area contributed by atoms with Gasteiger partial charge in [-0.1, -0.05) is 11.6 Å². The van der Waals surface area contributed by atoms with E-state index in [1.54, 1.807) is 18.2 Å². The first-order valence-electron chi connectivity index (χ1n) is 11.4. The number of nitrogens with zero attached hydrogens (tertiary/aromatic N) is 5. The molecule has 1 aliphatic heterocycles. The molecule has 0 bridgehead atoms. The van der Waals surface area contributed by atoms with Crippen molar-refractivity contribution in [3.8, 4) is 11.8 Å². The normalized spacial score (nSPS) is 22.1. The molecular formula is C24H29ClN6O2. The van der Waals surface area contributed by atoms with Crippen LogP contribution in [0.4, 0.5) is 5.82 Å². The SMILES string of the molecule is N#Cc1ccc(OC2CCC(N=C(N)c3ccc(N4CCC(CO)CC4)nn3)CC2)cc1Cl. The van der Waals surface area contributed by atoms with Crippen molar-refractivity contribution < 1.29 is 9.84 Å². The van der Waals surface area contributed by atoms with Gasteiger partial charge >= 0.3 is 0 Å². The number of piperidine rings is 1. The van der Waals surface area contributed by atoms with E-state index in [0.29, 0.717) is 33.8 Å². The number of hydrogen-bond donors (Lipinski definition) is 2. The Balaban J connectivity index is 1.28. The highest BCUT2D eigenvalue weighted by Crippen LogP contribution is 2.28. The summed E-state index contributed by atoms with van der Waals surface area (Å²) in [4.78, 5) is 6.88. The molecule has 0 spiro atoms. The second-order valence-corrected chi connectivity index (χ2v) is 9.11. The van der Waals surface area contributed by atoms with Crippen molar-refractivity contribution in [2.24, 2.45) is 16.6 Å². The van der Waals surface area contributed by atoms with Gasteiger partial charge in [-0.05, 0) is 68.7 Å². The highest BCUT2D eigenvalue weighted by atomic mass is 35.5. The summed E-state index contributed by atoms with van der Waals surface area (Å²) in [5.41, 5.74) is 7.26. The Morgan fingerprint density at radius 2 is 1.91 bits per heavy atom. The van der Waals surface area contributed by atoms with E-state index in [1.165, 1.54) is 0 Å². The molecule has 0 unspecified atom stereocenters. The summed E-state index contributed by atoms with van der Waals surface area (Å²) in [6.07, 6.45) is 5.51. The van der Waals surface area contributed by atoms with Crippen LogP contribution in [0.5, 0.6) is 5.75 Å². The van der Waals surface area contributed by atoms with Crippen LogP contribution in [0, 0.1) is 17.2 Å². The zero-order valence-electron chi connectivity index (χ0n) is 18.5. The number of halogens is 1. The fourth-order valence-electron chi connectivity index (χ4n) is 4.38. The molecular weight excluding hydrogens is 440 g/mol. The Kier molecular flexibility index (Phi) is 7.63. The van der Waals surface area contributed by atoms with E-state index in [-0.39, 0.29) is 18.8 Å². The van der Waals surface area contributed by atoms with Crippen LogP contribution < -0.4 is 15.4 Å². The number of ether oxygens (including phenoxy) is 1. The lowest BCUT2D eigenvalue weighted by atomic mass is 9.93. The first-order chi connectivity index (χ1) is 16.1. The molecule has 0 atom stereocenters. The van der Waals surface area contributed by atoms with Gasteiger partial charge in [0, 0.05) is 25.8 Å². The Morgan fingerprint density at radius 1 is 1.15 bits per heavy atom. The molecule has 1 aromatic carbocycles. The van der Waals surface area contributed by atoms with Crippen molar-refractivity contribution in [2.75, 3.05) is 24.6 Å². The number of amidine groups is 1. The van der Waals surface area contributed by atoms with E-state index >= 15 is 0 Å². The zero-order chi connectivity index (χ0) is 23.2. The van der Waals surface area contributed by atoms with Gasteiger partial charge in [0.15, 0.2) is 5.82 Å². The number of aromatic nitrogens is 2. The number of benzene rings is 1. The summed E-state index contributed by atoms with van der Waals surface area (Å²) < 4.78 is 6.04. The third kappa shape index (κ3) is 5.92. The van der Waals surface area contributed by atoms with Gasteiger partial charge in [0.05, 0.1) is 22.7 Å². The molecule has 1 saturated carbocycles. The maximum atomic E-state index is 9.29. The van der Waals surface area contributed by atoms with Gasteiger partial charge in [0.25, 0.3) is 0 Å². The predicted octanol–water partition coefficient (Wildman–Crippen LogP) is 3.31. The topological polar surface area (TPSA) is 121 Å². The Labute approximate surface area is 199 Å². The molecule has 1 saturated heterocycles. The van der Waals surface area contributed by atoms with E-state index in [4.69, 9.17) is 27.3 Å². The van der Waals surface area contributed by atoms with Crippen molar-refractivity contribution in [3.05, 3.63) is 46.6 Å². The fourth-order valence-corrected chi connectivity index (χ4v) is 4.60. The average Bonchev–Trinajstić information content (AvgIpc) is 2.85.